The van der Waals surface area contributed by atoms with Gasteiger partial charge in [0.2, 0.25) is 5.75 Å². The van der Waals surface area contributed by atoms with Gasteiger partial charge < -0.3 is 28.8 Å². The Hall–Kier alpha value is -3.42. The summed E-state index contributed by atoms with van der Waals surface area (Å²) >= 11 is 0. The second-order valence-corrected chi connectivity index (χ2v) is 6.43. The predicted molar refractivity (Wildman–Crippen MR) is 103 cm³/mol. The number of ether oxygens (including phenoxy) is 5. The molecule has 0 radical (unpaired) electrons. The highest BCUT2D eigenvalue weighted by molar-refractivity contribution is 6.05. The summed E-state index contributed by atoms with van der Waals surface area (Å²) in [6, 6.07) is 6.42. The van der Waals surface area contributed by atoms with Crippen molar-refractivity contribution in [1.82, 2.24) is 0 Å². The molecule has 0 spiro atoms. The molecule has 2 aromatic carbocycles. The molecule has 29 heavy (non-hydrogen) atoms. The molecule has 154 valence electrons. The summed E-state index contributed by atoms with van der Waals surface area (Å²) < 4.78 is 27.0. The average molecular weight is 402 g/mol. The van der Waals surface area contributed by atoms with E-state index in [9.17, 15) is 14.7 Å². The van der Waals surface area contributed by atoms with Crippen LogP contribution in [0.15, 0.2) is 24.3 Å². The van der Waals surface area contributed by atoms with Crippen LogP contribution in [0.25, 0.3) is 0 Å². The number of ketones is 1. The van der Waals surface area contributed by atoms with Gasteiger partial charge in [-0.3, -0.25) is 4.79 Å². The third-order valence-electron chi connectivity index (χ3n) is 4.83. The first-order chi connectivity index (χ1) is 13.9. The van der Waals surface area contributed by atoms with Crippen molar-refractivity contribution in [1.29, 1.82) is 0 Å². The van der Waals surface area contributed by atoms with Gasteiger partial charge in [-0.05, 0) is 24.1 Å². The summed E-state index contributed by atoms with van der Waals surface area (Å²) in [7, 11) is 5.80. The van der Waals surface area contributed by atoms with Crippen LogP contribution in [0.1, 0.15) is 26.3 Å². The monoisotopic (exact) mass is 402 g/mol. The van der Waals surface area contributed by atoms with Gasteiger partial charge in [-0.2, -0.15) is 0 Å². The summed E-state index contributed by atoms with van der Waals surface area (Å²) in [4.78, 5) is 24.7. The van der Waals surface area contributed by atoms with Gasteiger partial charge in [0.05, 0.1) is 41.0 Å². The van der Waals surface area contributed by atoms with E-state index in [1.54, 1.807) is 18.2 Å². The highest BCUT2D eigenvalue weighted by atomic mass is 16.5. The number of benzene rings is 2. The summed E-state index contributed by atoms with van der Waals surface area (Å²) in [5.74, 6) is -0.199. The van der Waals surface area contributed by atoms with Gasteiger partial charge in [0.25, 0.3) is 0 Å². The smallest absolute Gasteiger partial charge is 0.339 e. The number of carbonyl (C=O) groups excluding carboxylic acids is 1. The standard InChI is InChI=1S/C21H22O8/c1-25-14-6-5-11(8-13(14)21(23)24)7-12-10-29-15-9-16(26-2)19(27-3)20(28-4)17(15)18(12)22/h5-6,8-9,12H,7,10H2,1-4H3,(H,23,24). The van der Waals surface area contributed by atoms with Crippen molar-refractivity contribution in [2.24, 2.45) is 5.92 Å². The number of rotatable bonds is 7. The first kappa shape index (κ1) is 20.3. The third-order valence-corrected chi connectivity index (χ3v) is 4.83. The minimum absolute atomic E-state index is 0.0403. The Morgan fingerprint density at radius 1 is 1.03 bits per heavy atom. The van der Waals surface area contributed by atoms with Crippen LogP contribution < -0.4 is 23.7 Å². The molecule has 0 amide bonds. The number of carboxylic acids is 1. The maximum atomic E-state index is 13.2. The van der Waals surface area contributed by atoms with Gasteiger partial charge in [0, 0.05) is 6.07 Å². The second kappa shape index (κ2) is 8.30. The first-order valence-corrected chi connectivity index (χ1v) is 8.85. The summed E-state index contributed by atoms with van der Waals surface area (Å²) in [5.41, 5.74) is 1.01. The van der Waals surface area contributed by atoms with Crippen LogP contribution in [0.3, 0.4) is 0 Å². The SMILES string of the molecule is COc1ccc(CC2COc3cc(OC)c(OC)c(OC)c3C2=O)cc1C(=O)O. The molecule has 8 nitrogen and oxygen atoms in total. The number of hydrogen-bond acceptors (Lipinski definition) is 7. The Kier molecular flexibility index (Phi) is 5.81. The predicted octanol–water partition coefficient (Wildman–Crippen LogP) is 2.85. The fraction of sp³-hybridized carbons (Fsp3) is 0.333. The van der Waals surface area contributed by atoms with Crippen LogP contribution in [0.5, 0.6) is 28.7 Å². The third kappa shape index (κ3) is 3.65. The topological polar surface area (TPSA) is 101 Å². The zero-order valence-corrected chi connectivity index (χ0v) is 16.6. The Morgan fingerprint density at radius 2 is 1.72 bits per heavy atom. The lowest BCUT2D eigenvalue weighted by Crippen LogP contribution is -2.30. The Morgan fingerprint density at radius 3 is 2.31 bits per heavy atom. The number of carboxylic acid groups (broad SMARTS) is 1. The normalized spacial score (nSPS) is 15.2. The van der Waals surface area contributed by atoms with Crippen molar-refractivity contribution in [2.75, 3.05) is 35.0 Å². The van der Waals surface area contributed by atoms with Gasteiger partial charge in [0.15, 0.2) is 17.3 Å². The molecule has 3 rings (SSSR count). The zero-order chi connectivity index (χ0) is 21.1. The van der Waals surface area contributed by atoms with E-state index in [0.29, 0.717) is 29.2 Å². The lowest BCUT2D eigenvalue weighted by molar-refractivity contribution is 0.0693. The molecule has 0 saturated heterocycles. The maximum Gasteiger partial charge on any atom is 0.339 e. The van der Waals surface area contributed by atoms with E-state index < -0.39 is 11.9 Å². The molecular formula is C21H22O8. The van der Waals surface area contributed by atoms with E-state index in [1.165, 1.54) is 34.5 Å². The van der Waals surface area contributed by atoms with E-state index in [0.717, 1.165) is 0 Å². The van der Waals surface area contributed by atoms with Crippen molar-refractivity contribution in [3.05, 3.63) is 41.0 Å². The lowest BCUT2D eigenvalue weighted by Gasteiger charge is -2.27. The molecule has 0 saturated carbocycles. The molecule has 2 aromatic rings. The van der Waals surface area contributed by atoms with Crippen molar-refractivity contribution in [2.45, 2.75) is 6.42 Å². The number of carbonyl (C=O) groups is 2. The van der Waals surface area contributed by atoms with E-state index in [2.05, 4.69) is 0 Å². The van der Waals surface area contributed by atoms with Crippen LogP contribution in [0.4, 0.5) is 0 Å². The molecule has 8 heteroatoms. The van der Waals surface area contributed by atoms with Crippen molar-refractivity contribution >= 4 is 11.8 Å². The molecule has 1 heterocycles. The van der Waals surface area contributed by atoms with Gasteiger partial charge in [-0.15, -0.1) is 0 Å². The summed E-state index contributed by atoms with van der Waals surface area (Å²) in [6.45, 7) is 0.152. The molecular weight excluding hydrogens is 380 g/mol. The highest BCUT2D eigenvalue weighted by Crippen LogP contribution is 2.47. The van der Waals surface area contributed by atoms with Crippen LogP contribution >= 0.6 is 0 Å². The maximum absolute atomic E-state index is 13.2. The van der Waals surface area contributed by atoms with Crippen LogP contribution in [0, 0.1) is 5.92 Å². The molecule has 0 fully saturated rings. The van der Waals surface area contributed by atoms with E-state index in [1.807, 2.05) is 0 Å². The van der Waals surface area contributed by atoms with Crippen molar-refractivity contribution in [3.8, 4) is 28.7 Å². The Bertz CT molecular complexity index is 950. The van der Waals surface area contributed by atoms with Crippen LogP contribution in [-0.2, 0) is 6.42 Å². The fourth-order valence-electron chi connectivity index (χ4n) is 3.44. The van der Waals surface area contributed by atoms with Gasteiger partial charge in [-0.1, -0.05) is 6.07 Å². The number of methoxy groups -OCH3 is 4. The van der Waals surface area contributed by atoms with Crippen LogP contribution in [0.2, 0.25) is 0 Å². The average Bonchev–Trinajstić information content (AvgIpc) is 2.73. The number of aromatic carboxylic acids is 1. The van der Waals surface area contributed by atoms with Crippen LogP contribution in [-0.4, -0.2) is 51.9 Å². The number of Topliss-reactive ketones (excluding diaryl/α,β-unsaturated/α-hetero) is 1. The molecule has 0 aliphatic carbocycles. The molecule has 1 aliphatic rings. The zero-order valence-electron chi connectivity index (χ0n) is 16.6. The largest absolute Gasteiger partial charge is 0.496 e. The van der Waals surface area contributed by atoms with Crippen molar-refractivity contribution < 1.29 is 38.4 Å². The van der Waals surface area contributed by atoms with Crippen molar-refractivity contribution in [3.63, 3.8) is 0 Å². The molecule has 0 bridgehead atoms. The lowest BCUT2D eigenvalue weighted by atomic mass is 9.88. The highest BCUT2D eigenvalue weighted by Gasteiger charge is 2.35. The fourth-order valence-corrected chi connectivity index (χ4v) is 3.44. The quantitative estimate of drug-likeness (QED) is 0.755. The molecule has 1 atom stereocenters. The molecule has 1 N–H and O–H groups in total. The molecule has 1 aliphatic heterocycles. The second-order valence-electron chi connectivity index (χ2n) is 6.43. The summed E-state index contributed by atoms with van der Waals surface area (Å²) in [5, 5.41) is 9.37. The van der Waals surface area contributed by atoms with E-state index >= 15 is 0 Å². The minimum atomic E-state index is -1.10. The Balaban J connectivity index is 1.96. The first-order valence-electron chi connectivity index (χ1n) is 8.85. The molecule has 0 aromatic heterocycles. The summed E-state index contributed by atoms with van der Waals surface area (Å²) in [6.07, 6.45) is 0.306. The van der Waals surface area contributed by atoms with Gasteiger partial charge in [0.1, 0.15) is 22.6 Å². The minimum Gasteiger partial charge on any atom is -0.496 e. The van der Waals surface area contributed by atoms with E-state index in [4.69, 9.17) is 23.7 Å². The Labute approximate surface area is 167 Å². The number of hydrogen-bond donors (Lipinski definition) is 1. The van der Waals surface area contributed by atoms with Gasteiger partial charge >= 0.3 is 5.97 Å². The van der Waals surface area contributed by atoms with E-state index in [-0.39, 0.29) is 35.0 Å². The number of fused-ring (bicyclic) bond motifs is 1. The molecule has 1 unspecified atom stereocenters. The van der Waals surface area contributed by atoms with Gasteiger partial charge in [-0.25, -0.2) is 4.79 Å².